The van der Waals surface area contributed by atoms with Crippen LogP contribution in [0.15, 0.2) is 36.7 Å². The molecule has 0 aliphatic heterocycles. The first-order valence-corrected chi connectivity index (χ1v) is 7.36. The molecule has 0 radical (unpaired) electrons. The van der Waals surface area contributed by atoms with E-state index >= 15 is 0 Å². The lowest BCUT2D eigenvalue weighted by Crippen LogP contribution is -2.40. The molecular weight excluding hydrogens is 246 g/mol. The van der Waals surface area contributed by atoms with Gasteiger partial charge >= 0.3 is 0 Å². The molecule has 0 spiro atoms. The molecule has 0 amide bonds. The second-order valence-electron chi connectivity index (χ2n) is 5.88. The standard InChI is InChI=1S/C17H21N3/c1-13-5-7-14(8-6-13)15-11-19-16(20-12-15)17(18)9-3-2-4-10-17/h5-8,11-12H,2-4,9-10,18H2,1H3. The number of nitrogens with zero attached hydrogens (tertiary/aromatic N) is 2. The van der Waals surface area contributed by atoms with Gasteiger partial charge in [-0.2, -0.15) is 0 Å². The van der Waals surface area contributed by atoms with Gasteiger partial charge in [0, 0.05) is 18.0 Å². The summed E-state index contributed by atoms with van der Waals surface area (Å²) in [5, 5.41) is 0. The molecular formula is C17H21N3. The second kappa shape index (κ2) is 5.33. The summed E-state index contributed by atoms with van der Waals surface area (Å²) in [5.74, 6) is 0.799. The minimum atomic E-state index is -0.315. The van der Waals surface area contributed by atoms with Crippen LogP contribution < -0.4 is 5.73 Å². The van der Waals surface area contributed by atoms with Gasteiger partial charge < -0.3 is 5.73 Å². The average molecular weight is 267 g/mol. The Labute approximate surface area is 120 Å². The zero-order valence-corrected chi connectivity index (χ0v) is 12.0. The first-order chi connectivity index (χ1) is 9.67. The van der Waals surface area contributed by atoms with E-state index in [4.69, 9.17) is 5.73 Å². The molecule has 2 aromatic rings. The Hall–Kier alpha value is -1.74. The van der Waals surface area contributed by atoms with E-state index in [-0.39, 0.29) is 5.54 Å². The molecule has 0 atom stereocenters. The summed E-state index contributed by atoms with van der Waals surface area (Å²) >= 11 is 0. The highest BCUT2D eigenvalue weighted by Crippen LogP contribution is 2.33. The molecule has 1 aliphatic carbocycles. The van der Waals surface area contributed by atoms with Crippen molar-refractivity contribution in [1.29, 1.82) is 0 Å². The molecule has 3 heteroatoms. The third kappa shape index (κ3) is 2.59. The molecule has 1 aromatic heterocycles. The fourth-order valence-corrected chi connectivity index (χ4v) is 2.89. The molecule has 2 N–H and O–H groups in total. The summed E-state index contributed by atoms with van der Waals surface area (Å²) in [6.45, 7) is 2.09. The summed E-state index contributed by atoms with van der Waals surface area (Å²) in [6.07, 6.45) is 9.43. The van der Waals surface area contributed by atoms with Gasteiger partial charge in [0.15, 0.2) is 0 Å². The van der Waals surface area contributed by atoms with Crippen molar-refractivity contribution in [2.75, 3.05) is 0 Å². The van der Waals surface area contributed by atoms with Crippen molar-refractivity contribution >= 4 is 0 Å². The molecule has 3 rings (SSSR count). The van der Waals surface area contributed by atoms with Crippen molar-refractivity contribution in [2.45, 2.75) is 44.6 Å². The van der Waals surface area contributed by atoms with Crippen LogP contribution in [0.2, 0.25) is 0 Å². The Morgan fingerprint density at radius 1 is 0.900 bits per heavy atom. The smallest absolute Gasteiger partial charge is 0.148 e. The maximum absolute atomic E-state index is 6.46. The quantitative estimate of drug-likeness (QED) is 0.905. The average Bonchev–Trinajstić information content (AvgIpc) is 2.49. The molecule has 1 heterocycles. The summed E-state index contributed by atoms with van der Waals surface area (Å²) < 4.78 is 0. The predicted molar refractivity (Wildman–Crippen MR) is 81.2 cm³/mol. The first kappa shape index (κ1) is 13.3. The molecule has 3 nitrogen and oxygen atoms in total. The first-order valence-electron chi connectivity index (χ1n) is 7.36. The Kier molecular flexibility index (Phi) is 3.53. The van der Waals surface area contributed by atoms with E-state index in [0.717, 1.165) is 29.8 Å². The van der Waals surface area contributed by atoms with Crippen molar-refractivity contribution in [1.82, 2.24) is 9.97 Å². The van der Waals surface area contributed by atoms with Gasteiger partial charge in [-0.3, -0.25) is 0 Å². The van der Waals surface area contributed by atoms with Crippen molar-refractivity contribution in [3.8, 4) is 11.1 Å². The minimum Gasteiger partial charge on any atom is -0.319 e. The van der Waals surface area contributed by atoms with E-state index in [1.807, 2.05) is 12.4 Å². The monoisotopic (exact) mass is 267 g/mol. The van der Waals surface area contributed by atoms with Crippen LogP contribution in [0.4, 0.5) is 0 Å². The van der Waals surface area contributed by atoms with Crippen LogP contribution in [0, 0.1) is 6.92 Å². The number of hydrogen-bond donors (Lipinski definition) is 1. The second-order valence-corrected chi connectivity index (χ2v) is 5.88. The van der Waals surface area contributed by atoms with E-state index in [9.17, 15) is 0 Å². The number of aryl methyl sites for hydroxylation is 1. The van der Waals surface area contributed by atoms with Crippen LogP contribution in [0.1, 0.15) is 43.5 Å². The number of benzene rings is 1. The molecule has 1 fully saturated rings. The van der Waals surface area contributed by atoms with Crippen LogP contribution in [0.3, 0.4) is 0 Å². The zero-order valence-electron chi connectivity index (χ0n) is 12.0. The van der Waals surface area contributed by atoms with Gasteiger partial charge in [-0.15, -0.1) is 0 Å². The highest BCUT2D eigenvalue weighted by molar-refractivity contribution is 5.61. The minimum absolute atomic E-state index is 0.315. The number of hydrogen-bond acceptors (Lipinski definition) is 3. The van der Waals surface area contributed by atoms with E-state index in [1.54, 1.807) is 0 Å². The SMILES string of the molecule is Cc1ccc(-c2cnc(C3(N)CCCCC3)nc2)cc1. The maximum Gasteiger partial charge on any atom is 0.148 e. The lowest BCUT2D eigenvalue weighted by Gasteiger charge is -2.31. The van der Waals surface area contributed by atoms with E-state index in [1.165, 1.54) is 24.8 Å². The Morgan fingerprint density at radius 2 is 1.50 bits per heavy atom. The molecule has 0 unspecified atom stereocenters. The van der Waals surface area contributed by atoms with E-state index in [2.05, 4.69) is 41.2 Å². The molecule has 1 aliphatic rings. The Morgan fingerprint density at radius 3 is 2.10 bits per heavy atom. The lowest BCUT2D eigenvalue weighted by atomic mass is 9.82. The van der Waals surface area contributed by atoms with Crippen LogP contribution >= 0.6 is 0 Å². The fraction of sp³-hybridized carbons (Fsp3) is 0.412. The molecule has 104 valence electrons. The van der Waals surface area contributed by atoms with Gasteiger partial charge in [-0.05, 0) is 25.3 Å². The molecule has 1 saturated carbocycles. The molecule has 1 aromatic carbocycles. The lowest BCUT2D eigenvalue weighted by molar-refractivity contribution is 0.287. The number of rotatable bonds is 2. The van der Waals surface area contributed by atoms with E-state index < -0.39 is 0 Å². The highest BCUT2D eigenvalue weighted by Gasteiger charge is 2.32. The van der Waals surface area contributed by atoms with Crippen molar-refractivity contribution in [2.24, 2.45) is 5.73 Å². The van der Waals surface area contributed by atoms with Crippen molar-refractivity contribution in [3.63, 3.8) is 0 Å². The van der Waals surface area contributed by atoms with E-state index in [0.29, 0.717) is 0 Å². The third-order valence-corrected chi connectivity index (χ3v) is 4.23. The van der Waals surface area contributed by atoms with Crippen molar-refractivity contribution < 1.29 is 0 Å². The Balaban J connectivity index is 1.85. The Bertz CT molecular complexity index is 566. The highest BCUT2D eigenvalue weighted by atomic mass is 15.0. The van der Waals surface area contributed by atoms with Crippen LogP contribution in [-0.4, -0.2) is 9.97 Å². The van der Waals surface area contributed by atoms with Gasteiger partial charge in [-0.1, -0.05) is 49.1 Å². The van der Waals surface area contributed by atoms with Gasteiger partial charge in [0.25, 0.3) is 0 Å². The van der Waals surface area contributed by atoms with Gasteiger partial charge in [0.05, 0.1) is 5.54 Å². The van der Waals surface area contributed by atoms with Gasteiger partial charge in [0.1, 0.15) is 5.82 Å². The molecule has 20 heavy (non-hydrogen) atoms. The largest absolute Gasteiger partial charge is 0.319 e. The van der Waals surface area contributed by atoms with Crippen LogP contribution in [0.5, 0.6) is 0 Å². The fourth-order valence-electron chi connectivity index (χ4n) is 2.89. The van der Waals surface area contributed by atoms with Gasteiger partial charge in [-0.25, -0.2) is 9.97 Å². The summed E-state index contributed by atoms with van der Waals surface area (Å²) in [4.78, 5) is 9.07. The van der Waals surface area contributed by atoms with Crippen LogP contribution in [0.25, 0.3) is 11.1 Å². The maximum atomic E-state index is 6.46. The summed E-state index contributed by atoms with van der Waals surface area (Å²) in [7, 11) is 0. The normalized spacial score (nSPS) is 17.9. The number of aromatic nitrogens is 2. The summed E-state index contributed by atoms with van der Waals surface area (Å²) in [6, 6.07) is 8.42. The zero-order chi connectivity index (χ0) is 14.0. The third-order valence-electron chi connectivity index (χ3n) is 4.23. The number of nitrogens with two attached hydrogens (primary N) is 1. The van der Waals surface area contributed by atoms with Gasteiger partial charge in [0.2, 0.25) is 0 Å². The van der Waals surface area contributed by atoms with Crippen LogP contribution in [-0.2, 0) is 5.54 Å². The molecule has 0 saturated heterocycles. The topological polar surface area (TPSA) is 51.8 Å². The van der Waals surface area contributed by atoms with Crippen molar-refractivity contribution in [3.05, 3.63) is 48.0 Å². The molecule has 0 bridgehead atoms. The summed E-state index contributed by atoms with van der Waals surface area (Å²) in [5.41, 5.74) is 9.61. The predicted octanol–water partition coefficient (Wildman–Crippen LogP) is 3.57.